The van der Waals surface area contributed by atoms with E-state index in [1.54, 1.807) is 0 Å². The summed E-state index contributed by atoms with van der Waals surface area (Å²) in [6, 6.07) is 5.89. The summed E-state index contributed by atoms with van der Waals surface area (Å²) in [5, 5.41) is 3.03. The van der Waals surface area contributed by atoms with E-state index in [1.165, 1.54) is 0 Å². The molecule has 0 radical (unpaired) electrons. The van der Waals surface area contributed by atoms with E-state index in [1.807, 2.05) is 25.1 Å². The lowest BCUT2D eigenvalue weighted by atomic mass is 10.0. The number of amides is 1. The van der Waals surface area contributed by atoms with Crippen molar-refractivity contribution in [3.63, 3.8) is 0 Å². The molecule has 1 rings (SSSR count). The predicted octanol–water partition coefficient (Wildman–Crippen LogP) is 2.22. The number of hydrogen-bond acceptors (Lipinski definition) is 2. The molecule has 0 spiro atoms. The highest BCUT2D eigenvalue weighted by Crippen LogP contribution is 2.11. The highest BCUT2D eigenvalue weighted by Gasteiger charge is 2.13. The van der Waals surface area contributed by atoms with Gasteiger partial charge in [0.2, 0.25) is 0 Å². The number of carbonyl (C=O) groups is 1. The summed E-state index contributed by atoms with van der Waals surface area (Å²) in [5.41, 5.74) is 7.84. The maximum atomic E-state index is 12.3. The summed E-state index contributed by atoms with van der Waals surface area (Å²) in [5.74, 6) is 5.71. The molecular formula is C16H22N2O. The Kier molecular flexibility index (Phi) is 6.11. The molecule has 3 nitrogen and oxygen atoms in total. The molecule has 0 aliphatic rings. The van der Waals surface area contributed by atoms with Gasteiger partial charge in [-0.15, -0.1) is 0 Å². The zero-order valence-electron chi connectivity index (χ0n) is 11.9. The van der Waals surface area contributed by atoms with Crippen LogP contribution in [0, 0.1) is 18.8 Å². The van der Waals surface area contributed by atoms with Crippen LogP contribution in [-0.4, -0.2) is 18.5 Å². The summed E-state index contributed by atoms with van der Waals surface area (Å²) < 4.78 is 0. The van der Waals surface area contributed by atoms with Crippen molar-refractivity contribution in [2.24, 2.45) is 5.73 Å². The first kappa shape index (κ1) is 15.3. The van der Waals surface area contributed by atoms with Gasteiger partial charge >= 0.3 is 0 Å². The van der Waals surface area contributed by atoms with Crippen molar-refractivity contribution < 1.29 is 4.79 Å². The lowest BCUT2D eigenvalue weighted by Crippen LogP contribution is -2.34. The number of nitrogens with two attached hydrogens (primary N) is 1. The van der Waals surface area contributed by atoms with E-state index in [2.05, 4.69) is 31.0 Å². The van der Waals surface area contributed by atoms with Gasteiger partial charge in [0.05, 0.1) is 12.1 Å². The minimum absolute atomic E-state index is 0.0602. The van der Waals surface area contributed by atoms with Gasteiger partial charge in [0.15, 0.2) is 0 Å². The molecule has 1 aromatic rings. The van der Waals surface area contributed by atoms with Crippen LogP contribution in [0.1, 0.15) is 48.2 Å². The molecule has 0 aromatic heterocycles. The molecule has 1 aromatic carbocycles. The molecule has 0 saturated heterocycles. The van der Waals surface area contributed by atoms with Crippen LogP contribution in [0.2, 0.25) is 0 Å². The standard InChI is InChI=1S/C16H22N2O/c1-4-14(5-2)18-16(19)15-9-8-12(3)11-13(15)7-6-10-17/h8-9,11,14H,4-5,10,17H2,1-3H3,(H,18,19). The third-order valence-electron chi connectivity index (χ3n) is 3.07. The summed E-state index contributed by atoms with van der Waals surface area (Å²) >= 11 is 0. The van der Waals surface area contributed by atoms with E-state index in [0.717, 1.165) is 24.0 Å². The fourth-order valence-electron chi connectivity index (χ4n) is 1.86. The highest BCUT2D eigenvalue weighted by atomic mass is 16.1. The van der Waals surface area contributed by atoms with Crippen LogP contribution in [-0.2, 0) is 0 Å². The molecule has 0 heterocycles. The molecular weight excluding hydrogens is 236 g/mol. The van der Waals surface area contributed by atoms with Gasteiger partial charge in [-0.25, -0.2) is 0 Å². The molecule has 0 unspecified atom stereocenters. The van der Waals surface area contributed by atoms with E-state index < -0.39 is 0 Å². The second-order valence-corrected chi connectivity index (χ2v) is 4.54. The average molecular weight is 258 g/mol. The van der Waals surface area contributed by atoms with E-state index >= 15 is 0 Å². The van der Waals surface area contributed by atoms with Crippen LogP contribution in [0.15, 0.2) is 18.2 Å². The fourth-order valence-corrected chi connectivity index (χ4v) is 1.86. The van der Waals surface area contributed by atoms with Crippen molar-refractivity contribution in [1.82, 2.24) is 5.32 Å². The Morgan fingerprint density at radius 3 is 2.63 bits per heavy atom. The molecule has 3 N–H and O–H groups in total. The van der Waals surface area contributed by atoms with Crippen LogP contribution < -0.4 is 11.1 Å². The number of benzene rings is 1. The molecule has 19 heavy (non-hydrogen) atoms. The molecule has 0 fully saturated rings. The summed E-state index contributed by atoms with van der Waals surface area (Å²) in [4.78, 5) is 12.3. The van der Waals surface area contributed by atoms with E-state index in [0.29, 0.717) is 12.1 Å². The number of aryl methyl sites for hydroxylation is 1. The van der Waals surface area contributed by atoms with Gasteiger partial charge in [-0.3, -0.25) is 4.79 Å². The Bertz CT molecular complexity index is 493. The van der Waals surface area contributed by atoms with Crippen molar-refractivity contribution in [2.75, 3.05) is 6.54 Å². The van der Waals surface area contributed by atoms with Gasteiger partial charge in [-0.2, -0.15) is 0 Å². The van der Waals surface area contributed by atoms with E-state index in [4.69, 9.17) is 5.73 Å². The van der Waals surface area contributed by atoms with Gasteiger partial charge < -0.3 is 11.1 Å². The molecule has 0 aliphatic carbocycles. The molecule has 0 atom stereocenters. The fraction of sp³-hybridized carbons (Fsp3) is 0.438. The number of carbonyl (C=O) groups excluding carboxylic acids is 1. The van der Waals surface area contributed by atoms with Crippen LogP contribution in [0.3, 0.4) is 0 Å². The molecule has 3 heteroatoms. The van der Waals surface area contributed by atoms with Crippen LogP contribution >= 0.6 is 0 Å². The van der Waals surface area contributed by atoms with Crippen molar-refractivity contribution in [3.05, 3.63) is 34.9 Å². The first-order valence-electron chi connectivity index (χ1n) is 6.72. The topological polar surface area (TPSA) is 55.1 Å². The molecule has 0 bridgehead atoms. The number of nitrogens with one attached hydrogen (secondary N) is 1. The van der Waals surface area contributed by atoms with Gasteiger partial charge in [0.25, 0.3) is 5.91 Å². The minimum Gasteiger partial charge on any atom is -0.349 e. The Labute approximate surface area is 115 Å². The number of rotatable bonds is 4. The molecule has 1 amide bonds. The zero-order chi connectivity index (χ0) is 14.3. The second kappa shape index (κ2) is 7.60. The lowest BCUT2D eigenvalue weighted by Gasteiger charge is -2.15. The van der Waals surface area contributed by atoms with Gasteiger partial charge in [0.1, 0.15) is 0 Å². The first-order valence-corrected chi connectivity index (χ1v) is 6.72. The van der Waals surface area contributed by atoms with Crippen LogP contribution in [0.5, 0.6) is 0 Å². The maximum absolute atomic E-state index is 12.3. The SMILES string of the molecule is CCC(CC)NC(=O)c1ccc(C)cc1C#CCN. The van der Waals surface area contributed by atoms with E-state index in [-0.39, 0.29) is 11.9 Å². The largest absolute Gasteiger partial charge is 0.349 e. The average Bonchev–Trinajstić information content (AvgIpc) is 2.42. The van der Waals surface area contributed by atoms with Gasteiger partial charge in [-0.05, 0) is 37.5 Å². The third-order valence-corrected chi connectivity index (χ3v) is 3.07. The quantitative estimate of drug-likeness (QED) is 0.814. The summed E-state index contributed by atoms with van der Waals surface area (Å²) in [7, 11) is 0. The van der Waals surface area contributed by atoms with Crippen molar-refractivity contribution >= 4 is 5.91 Å². The summed E-state index contributed by atoms with van der Waals surface area (Å²) in [6.45, 7) is 6.41. The lowest BCUT2D eigenvalue weighted by molar-refractivity contribution is 0.0934. The Morgan fingerprint density at radius 1 is 1.37 bits per heavy atom. The second-order valence-electron chi connectivity index (χ2n) is 4.54. The van der Waals surface area contributed by atoms with Crippen molar-refractivity contribution in [1.29, 1.82) is 0 Å². The van der Waals surface area contributed by atoms with Crippen molar-refractivity contribution in [3.8, 4) is 11.8 Å². The van der Waals surface area contributed by atoms with Crippen LogP contribution in [0.25, 0.3) is 0 Å². The normalized spacial score (nSPS) is 9.95. The maximum Gasteiger partial charge on any atom is 0.252 e. The monoisotopic (exact) mass is 258 g/mol. The van der Waals surface area contributed by atoms with E-state index in [9.17, 15) is 4.79 Å². The highest BCUT2D eigenvalue weighted by molar-refractivity contribution is 5.97. The first-order chi connectivity index (χ1) is 9.12. The van der Waals surface area contributed by atoms with Gasteiger partial charge in [-0.1, -0.05) is 31.8 Å². The molecule has 102 valence electrons. The number of hydrogen-bond donors (Lipinski definition) is 2. The predicted molar refractivity (Wildman–Crippen MR) is 78.9 cm³/mol. The Morgan fingerprint density at radius 2 is 2.05 bits per heavy atom. The zero-order valence-corrected chi connectivity index (χ0v) is 11.9. The third kappa shape index (κ3) is 4.42. The summed E-state index contributed by atoms with van der Waals surface area (Å²) in [6.07, 6.45) is 1.86. The smallest absolute Gasteiger partial charge is 0.252 e. The van der Waals surface area contributed by atoms with Crippen LogP contribution in [0.4, 0.5) is 0 Å². The minimum atomic E-state index is -0.0602. The Balaban J connectivity index is 3.01. The Hall–Kier alpha value is -1.79. The molecule has 0 aliphatic heterocycles. The molecule has 0 saturated carbocycles. The van der Waals surface area contributed by atoms with Crippen molar-refractivity contribution in [2.45, 2.75) is 39.7 Å². The van der Waals surface area contributed by atoms with Gasteiger partial charge in [0, 0.05) is 11.6 Å².